The fourth-order valence-electron chi connectivity index (χ4n) is 1.72. The van der Waals surface area contributed by atoms with E-state index in [1.54, 1.807) is 29.5 Å². The van der Waals surface area contributed by atoms with Gasteiger partial charge in [0.05, 0.1) is 23.0 Å². The number of nitrogens with zero attached hydrogens (tertiary/aromatic N) is 2. The number of furan rings is 1. The summed E-state index contributed by atoms with van der Waals surface area (Å²) in [5, 5.41) is 10.6. The molecule has 0 unspecified atom stereocenters. The van der Waals surface area contributed by atoms with E-state index in [-0.39, 0.29) is 11.6 Å². The van der Waals surface area contributed by atoms with E-state index in [0.29, 0.717) is 5.76 Å². The highest BCUT2D eigenvalue weighted by Crippen LogP contribution is 2.26. The van der Waals surface area contributed by atoms with Crippen molar-refractivity contribution in [3.05, 3.63) is 52.9 Å². The zero-order chi connectivity index (χ0) is 14.7. The van der Waals surface area contributed by atoms with Crippen LogP contribution in [0.5, 0.6) is 0 Å². The molecule has 3 aromatic rings. The zero-order valence-corrected chi connectivity index (χ0v) is 12.0. The predicted octanol–water partition coefficient (Wildman–Crippen LogP) is 2.80. The van der Waals surface area contributed by atoms with Gasteiger partial charge in [0.2, 0.25) is 0 Å². The molecular weight excluding hydrogens is 288 g/mol. The number of hydrazone groups is 1. The number of carbonyl (C=O) groups is 1. The smallest absolute Gasteiger partial charge is 0.291 e. The van der Waals surface area contributed by atoms with Gasteiger partial charge in [-0.05, 0) is 37.3 Å². The number of amides is 1. The molecule has 0 radical (unpaired) electrons. The van der Waals surface area contributed by atoms with Gasteiger partial charge in [-0.25, -0.2) is 5.43 Å². The van der Waals surface area contributed by atoms with Crippen LogP contribution in [-0.2, 0) is 0 Å². The average Bonchev–Trinajstić information content (AvgIpc) is 3.19. The molecule has 3 rings (SSSR count). The number of H-pyrrole nitrogens is 1. The molecule has 106 valence electrons. The third-order valence-corrected chi connectivity index (χ3v) is 3.75. The number of aromatic amines is 1. The Labute approximate surface area is 124 Å². The number of hydrogen-bond donors (Lipinski definition) is 2. The molecule has 21 heavy (non-hydrogen) atoms. The Kier molecular flexibility index (Phi) is 3.65. The topological polar surface area (TPSA) is 83.3 Å². The number of aromatic nitrogens is 2. The molecule has 0 fully saturated rings. The molecule has 2 N–H and O–H groups in total. The molecule has 0 spiro atoms. The van der Waals surface area contributed by atoms with Gasteiger partial charge in [-0.1, -0.05) is 0 Å². The summed E-state index contributed by atoms with van der Waals surface area (Å²) < 4.78 is 5.06. The van der Waals surface area contributed by atoms with E-state index < -0.39 is 0 Å². The first-order valence-electron chi connectivity index (χ1n) is 6.21. The highest BCUT2D eigenvalue weighted by molar-refractivity contribution is 7.15. The fraction of sp³-hybridized carbons (Fsp3) is 0.0714. The van der Waals surface area contributed by atoms with Gasteiger partial charge in [0, 0.05) is 4.88 Å². The van der Waals surface area contributed by atoms with Crippen LogP contribution >= 0.6 is 11.3 Å². The molecule has 0 aliphatic carbocycles. The van der Waals surface area contributed by atoms with Crippen molar-refractivity contribution in [1.29, 1.82) is 0 Å². The van der Waals surface area contributed by atoms with Gasteiger partial charge >= 0.3 is 0 Å². The second-order valence-corrected chi connectivity index (χ2v) is 5.58. The standard InChI is InChI=1S/C14H12N4O2S/c1-9-4-5-13(21-9)11-7-12(17-16-11)14(19)18-15-8-10-3-2-6-20-10/h2-8H,1H3,(H,16,17)(H,18,19)/b15-8-. The molecule has 0 bridgehead atoms. The number of aryl methyl sites for hydroxylation is 1. The SMILES string of the molecule is Cc1ccc(-c2cc(C(=O)N/N=C\c3ccco3)n[nH]2)s1. The molecule has 0 aliphatic heterocycles. The Morgan fingerprint density at radius 2 is 2.38 bits per heavy atom. The van der Waals surface area contributed by atoms with Crippen LogP contribution in [0.1, 0.15) is 21.1 Å². The minimum atomic E-state index is -0.381. The quantitative estimate of drug-likeness (QED) is 0.574. The maximum atomic E-state index is 11.9. The lowest BCUT2D eigenvalue weighted by Gasteiger charge is -1.93. The van der Waals surface area contributed by atoms with E-state index in [4.69, 9.17) is 4.42 Å². The minimum absolute atomic E-state index is 0.285. The summed E-state index contributed by atoms with van der Waals surface area (Å²) in [6.45, 7) is 2.03. The monoisotopic (exact) mass is 300 g/mol. The van der Waals surface area contributed by atoms with Crippen molar-refractivity contribution in [2.24, 2.45) is 5.10 Å². The summed E-state index contributed by atoms with van der Waals surface area (Å²) in [5.41, 5.74) is 3.50. The van der Waals surface area contributed by atoms with Crippen molar-refractivity contribution in [3.8, 4) is 10.6 Å². The van der Waals surface area contributed by atoms with Crippen LogP contribution in [0.2, 0.25) is 0 Å². The van der Waals surface area contributed by atoms with E-state index in [9.17, 15) is 4.79 Å². The van der Waals surface area contributed by atoms with Crippen molar-refractivity contribution in [3.63, 3.8) is 0 Å². The molecule has 0 aliphatic rings. The lowest BCUT2D eigenvalue weighted by molar-refractivity contribution is 0.0950. The molecule has 3 heterocycles. The molecule has 7 heteroatoms. The van der Waals surface area contributed by atoms with Gasteiger partial charge in [0.15, 0.2) is 5.69 Å². The van der Waals surface area contributed by atoms with E-state index in [2.05, 4.69) is 20.7 Å². The van der Waals surface area contributed by atoms with E-state index >= 15 is 0 Å². The molecule has 3 aromatic heterocycles. The lowest BCUT2D eigenvalue weighted by atomic mass is 10.3. The third kappa shape index (κ3) is 3.09. The average molecular weight is 300 g/mol. The number of hydrogen-bond acceptors (Lipinski definition) is 5. The van der Waals surface area contributed by atoms with Crippen molar-refractivity contribution in [2.45, 2.75) is 6.92 Å². The third-order valence-electron chi connectivity index (χ3n) is 2.72. The summed E-state index contributed by atoms with van der Waals surface area (Å²) in [6.07, 6.45) is 2.96. The van der Waals surface area contributed by atoms with Crippen LogP contribution in [0.15, 0.2) is 46.1 Å². The molecule has 6 nitrogen and oxygen atoms in total. The van der Waals surface area contributed by atoms with Crippen molar-refractivity contribution in [2.75, 3.05) is 0 Å². The highest BCUT2D eigenvalue weighted by Gasteiger charge is 2.11. The Morgan fingerprint density at radius 1 is 1.48 bits per heavy atom. The van der Waals surface area contributed by atoms with Crippen LogP contribution in [0.25, 0.3) is 10.6 Å². The van der Waals surface area contributed by atoms with Gasteiger partial charge in [-0.15, -0.1) is 11.3 Å². The van der Waals surface area contributed by atoms with Gasteiger partial charge in [0.1, 0.15) is 5.76 Å². The Hall–Kier alpha value is -2.67. The molecular formula is C14H12N4O2S. The van der Waals surface area contributed by atoms with Crippen LogP contribution in [0.4, 0.5) is 0 Å². The summed E-state index contributed by atoms with van der Waals surface area (Å²) in [5.74, 6) is 0.181. The van der Waals surface area contributed by atoms with E-state index in [0.717, 1.165) is 10.6 Å². The summed E-state index contributed by atoms with van der Waals surface area (Å²) in [7, 11) is 0. The maximum Gasteiger partial charge on any atom is 0.291 e. The van der Waals surface area contributed by atoms with Crippen LogP contribution in [0.3, 0.4) is 0 Å². The molecule has 0 atom stereocenters. The lowest BCUT2D eigenvalue weighted by Crippen LogP contribution is -2.17. The summed E-state index contributed by atoms with van der Waals surface area (Å²) in [6, 6.07) is 9.19. The van der Waals surface area contributed by atoms with E-state index in [1.165, 1.54) is 17.4 Å². The molecule has 0 aromatic carbocycles. The van der Waals surface area contributed by atoms with Gasteiger partial charge in [-0.2, -0.15) is 10.2 Å². The van der Waals surface area contributed by atoms with E-state index in [1.807, 2.05) is 19.1 Å². The second kappa shape index (κ2) is 5.76. The van der Waals surface area contributed by atoms with Gasteiger partial charge in [-0.3, -0.25) is 9.89 Å². The summed E-state index contributed by atoms with van der Waals surface area (Å²) in [4.78, 5) is 14.1. The van der Waals surface area contributed by atoms with Gasteiger partial charge < -0.3 is 4.42 Å². The minimum Gasteiger partial charge on any atom is -0.463 e. The molecule has 1 amide bonds. The molecule has 0 saturated carbocycles. The van der Waals surface area contributed by atoms with Gasteiger partial charge in [0.25, 0.3) is 5.91 Å². The highest BCUT2D eigenvalue weighted by atomic mass is 32.1. The number of rotatable bonds is 4. The first kappa shape index (κ1) is 13.3. The number of thiophene rings is 1. The fourth-order valence-corrected chi connectivity index (χ4v) is 2.55. The second-order valence-electron chi connectivity index (χ2n) is 4.29. The Balaban J connectivity index is 1.67. The van der Waals surface area contributed by atoms with Crippen LogP contribution in [0, 0.1) is 6.92 Å². The summed E-state index contributed by atoms with van der Waals surface area (Å²) >= 11 is 1.64. The van der Waals surface area contributed by atoms with Crippen LogP contribution in [-0.4, -0.2) is 22.3 Å². The van der Waals surface area contributed by atoms with Crippen molar-refractivity contribution >= 4 is 23.5 Å². The predicted molar refractivity (Wildman–Crippen MR) is 80.4 cm³/mol. The largest absolute Gasteiger partial charge is 0.463 e. The zero-order valence-electron chi connectivity index (χ0n) is 11.2. The Bertz CT molecular complexity index is 771. The van der Waals surface area contributed by atoms with Crippen LogP contribution < -0.4 is 5.43 Å². The number of nitrogens with one attached hydrogen (secondary N) is 2. The van der Waals surface area contributed by atoms with Crippen molar-refractivity contribution in [1.82, 2.24) is 15.6 Å². The van der Waals surface area contributed by atoms with Crippen molar-refractivity contribution < 1.29 is 9.21 Å². The normalized spacial score (nSPS) is 11.1. The molecule has 0 saturated heterocycles. The maximum absolute atomic E-state index is 11.9. The first-order valence-corrected chi connectivity index (χ1v) is 7.03. The Morgan fingerprint density at radius 3 is 3.10 bits per heavy atom. The first-order chi connectivity index (χ1) is 10.2. The number of carbonyl (C=O) groups excluding carboxylic acids is 1.